The number of carbonyl (C=O) groups is 2. The molecular weight excluding hydrogens is 174 g/mol. The molecule has 0 rings (SSSR count). The van der Waals surface area contributed by atoms with Crippen molar-refractivity contribution in [2.24, 2.45) is 5.73 Å². The highest BCUT2D eigenvalue weighted by Crippen LogP contribution is 1.80. The zero-order valence-electron chi connectivity index (χ0n) is 7.87. The fourth-order valence-electron chi connectivity index (χ4n) is 0.642. The second-order valence-corrected chi connectivity index (χ2v) is 2.54. The van der Waals surface area contributed by atoms with E-state index in [1.54, 1.807) is 7.11 Å². The molecule has 0 saturated heterocycles. The van der Waals surface area contributed by atoms with Crippen LogP contribution in [0.5, 0.6) is 0 Å². The monoisotopic (exact) mass is 189 g/mol. The second-order valence-electron chi connectivity index (χ2n) is 2.54. The molecule has 0 spiro atoms. The molecule has 6 heteroatoms. The Balaban J connectivity index is 3.56. The lowest BCUT2D eigenvalue weighted by Crippen LogP contribution is -2.41. The van der Waals surface area contributed by atoms with Gasteiger partial charge in [-0.15, -0.1) is 0 Å². The third-order valence-corrected chi connectivity index (χ3v) is 1.39. The maximum absolute atomic E-state index is 11.0. The van der Waals surface area contributed by atoms with Gasteiger partial charge in [0, 0.05) is 20.7 Å². The molecule has 3 N–H and O–H groups in total. The molecule has 0 bridgehead atoms. The highest BCUT2D eigenvalue weighted by molar-refractivity contribution is 5.83. The van der Waals surface area contributed by atoms with Crippen LogP contribution in [0.1, 0.15) is 0 Å². The van der Waals surface area contributed by atoms with Crippen LogP contribution in [0.15, 0.2) is 0 Å². The first-order chi connectivity index (χ1) is 6.07. The molecule has 0 aromatic carbocycles. The van der Waals surface area contributed by atoms with E-state index in [0.29, 0.717) is 13.2 Å². The van der Waals surface area contributed by atoms with Crippen molar-refractivity contribution in [3.05, 3.63) is 0 Å². The summed E-state index contributed by atoms with van der Waals surface area (Å²) in [6.07, 6.45) is 0. The van der Waals surface area contributed by atoms with Gasteiger partial charge in [0.2, 0.25) is 5.91 Å². The first-order valence-electron chi connectivity index (χ1n) is 3.84. The quantitative estimate of drug-likeness (QED) is 0.530. The summed E-state index contributed by atoms with van der Waals surface area (Å²) in [7, 11) is 3.00. The Bertz CT molecular complexity index is 184. The maximum atomic E-state index is 11.0. The summed E-state index contributed by atoms with van der Waals surface area (Å²) in [5.41, 5.74) is 4.92. The molecular formula is C7H15N3O3. The SMILES string of the molecule is COCCNC(=O)CN(C)C(N)=O. The van der Waals surface area contributed by atoms with Gasteiger partial charge in [-0.25, -0.2) is 4.79 Å². The van der Waals surface area contributed by atoms with Crippen molar-refractivity contribution in [1.82, 2.24) is 10.2 Å². The van der Waals surface area contributed by atoms with Gasteiger partial charge in [-0.05, 0) is 0 Å². The number of nitrogens with one attached hydrogen (secondary N) is 1. The van der Waals surface area contributed by atoms with E-state index in [-0.39, 0.29) is 12.5 Å². The third-order valence-electron chi connectivity index (χ3n) is 1.39. The third kappa shape index (κ3) is 5.92. The molecule has 3 amide bonds. The summed E-state index contributed by atoms with van der Waals surface area (Å²) in [5, 5.41) is 2.56. The molecule has 0 aliphatic carbocycles. The Labute approximate surface area is 77.0 Å². The number of nitrogens with zero attached hydrogens (tertiary/aromatic N) is 1. The molecule has 6 nitrogen and oxygen atoms in total. The number of urea groups is 1. The molecule has 0 saturated carbocycles. The summed E-state index contributed by atoms with van der Waals surface area (Å²) >= 11 is 0. The van der Waals surface area contributed by atoms with Gasteiger partial charge in [-0.2, -0.15) is 0 Å². The van der Waals surface area contributed by atoms with Crippen LogP contribution in [0.4, 0.5) is 4.79 Å². The Morgan fingerprint density at radius 3 is 2.62 bits per heavy atom. The Morgan fingerprint density at radius 2 is 2.15 bits per heavy atom. The number of hydrogen-bond donors (Lipinski definition) is 2. The smallest absolute Gasteiger partial charge is 0.314 e. The van der Waals surface area contributed by atoms with Gasteiger partial charge in [0.25, 0.3) is 0 Å². The van der Waals surface area contributed by atoms with E-state index in [9.17, 15) is 9.59 Å². The van der Waals surface area contributed by atoms with Gasteiger partial charge < -0.3 is 20.7 Å². The van der Waals surface area contributed by atoms with E-state index in [4.69, 9.17) is 10.5 Å². The first-order valence-corrected chi connectivity index (χ1v) is 3.84. The summed E-state index contributed by atoms with van der Waals surface area (Å²) in [4.78, 5) is 22.7. The standard InChI is InChI=1S/C7H15N3O3/c1-10(7(8)12)5-6(11)9-3-4-13-2/h3-5H2,1-2H3,(H2,8,12)(H,9,11). The lowest BCUT2D eigenvalue weighted by molar-refractivity contribution is -0.121. The molecule has 13 heavy (non-hydrogen) atoms. The molecule has 0 fully saturated rings. The Kier molecular flexibility index (Phi) is 5.62. The number of ether oxygens (including phenoxy) is 1. The van der Waals surface area contributed by atoms with Gasteiger partial charge in [-0.3, -0.25) is 4.79 Å². The van der Waals surface area contributed by atoms with Crippen molar-refractivity contribution < 1.29 is 14.3 Å². The number of likely N-dealkylation sites (N-methyl/N-ethyl adjacent to an activating group) is 1. The summed E-state index contributed by atoms with van der Waals surface area (Å²) < 4.78 is 4.72. The molecule has 0 radical (unpaired) electrons. The molecule has 0 aliphatic rings. The lowest BCUT2D eigenvalue weighted by atomic mass is 10.5. The average Bonchev–Trinajstić information content (AvgIpc) is 2.04. The number of carbonyl (C=O) groups excluding carboxylic acids is 2. The summed E-state index contributed by atoms with van der Waals surface area (Å²) in [6.45, 7) is 0.854. The van der Waals surface area contributed by atoms with Crippen molar-refractivity contribution >= 4 is 11.9 Å². The van der Waals surface area contributed by atoms with Crippen molar-refractivity contribution in [3.8, 4) is 0 Å². The number of rotatable bonds is 5. The van der Waals surface area contributed by atoms with Gasteiger partial charge in [0.15, 0.2) is 0 Å². The minimum atomic E-state index is -0.623. The zero-order valence-corrected chi connectivity index (χ0v) is 7.87. The van der Waals surface area contributed by atoms with Gasteiger partial charge in [-0.1, -0.05) is 0 Å². The number of nitrogens with two attached hydrogens (primary N) is 1. The van der Waals surface area contributed by atoms with Crippen molar-refractivity contribution in [2.75, 3.05) is 33.9 Å². The maximum Gasteiger partial charge on any atom is 0.314 e. The molecule has 0 unspecified atom stereocenters. The van der Waals surface area contributed by atoms with Crippen LogP contribution < -0.4 is 11.1 Å². The van der Waals surface area contributed by atoms with Gasteiger partial charge >= 0.3 is 6.03 Å². The molecule has 0 aliphatic heterocycles. The molecule has 0 aromatic heterocycles. The molecule has 0 heterocycles. The van der Waals surface area contributed by atoms with Crippen LogP contribution in [-0.2, 0) is 9.53 Å². The highest BCUT2D eigenvalue weighted by Gasteiger charge is 2.07. The van der Waals surface area contributed by atoms with E-state index in [0.717, 1.165) is 4.90 Å². The van der Waals surface area contributed by atoms with Crippen LogP contribution >= 0.6 is 0 Å². The van der Waals surface area contributed by atoms with Crippen molar-refractivity contribution in [1.29, 1.82) is 0 Å². The normalized spacial score (nSPS) is 9.38. The largest absolute Gasteiger partial charge is 0.383 e. The predicted molar refractivity (Wildman–Crippen MR) is 47.1 cm³/mol. The van der Waals surface area contributed by atoms with E-state index < -0.39 is 6.03 Å². The van der Waals surface area contributed by atoms with E-state index in [1.165, 1.54) is 7.05 Å². The number of primary amides is 1. The highest BCUT2D eigenvalue weighted by atomic mass is 16.5. The van der Waals surface area contributed by atoms with E-state index in [2.05, 4.69) is 5.32 Å². The summed E-state index contributed by atoms with van der Waals surface area (Å²) in [5.74, 6) is -0.252. The summed E-state index contributed by atoms with van der Waals surface area (Å²) in [6, 6.07) is -0.623. The Morgan fingerprint density at radius 1 is 1.54 bits per heavy atom. The topological polar surface area (TPSA) is 84.7 Å². The fraction of sp³-hybridized carbons (Fsp3) is 0.714. The first kappa shape index (κ1) is 11.7. The molecule has 0 atom stereocenters. The van der Waals surface area contributed by atoms with Crippen LogP contribution in [0.25, 0.3) is 0 Å². The Hall–Kier alpha value is -1.30. The van der Waals surface area contributed by atoms with Crippen LogP contribution in [0.3, 0.4) is 0 Å². The zero-order chi connectivity index (χ0) is 10.3. The lowest BCUT2D eigenvalue weighted by Gasteiger charge is -2.13. The van der Waals surface area contributed by atoms with Crippen molar-refractivity contribution in [2.45, 2.75) is 0 Å². The van der Waals surface area contributed by atoms with Gasteiger partial charge in [0.05, 0.1) is 6.61 Å². The second kappa shape index (κ2) is 6.24. The molecule has 76 valence electrons. The average molecular weight is 189 g/mol. The fourth-order valence-corrected chi connectivity index (χ4v) is 0.642. The number of amides is 3. The van der Waals surface area contributed by atoms with E-state index in [1.807, 2.05) is 0 Å². The minimum absolute atomic E-state index is 0.0287. The predicted octanol–water partition coefficient (Wildman–Crippen LogP) is -1.24. The van der Waals surface area contributed by atoms with Gasteiger partial charge in [0.1, 0.15) is 6.54 Å². The number of hydrogen-bond acceptors (Lipinski definition) is 3. The van der Waals surface area contributed by atoms with Crippen LogP contribution in [-0.4, -0.2) is 50.7 Å². The number of methoxy groups -OCH3 is 1. The minimum Gasteiger partial charge on any atom is -0.383 e. The van der Waals surface area contributed by atoms with Crippen LogP contribution in [0, 0.1) is 0 Å². The molecule has 0 aromatic rings. The van der Waals surface area contributed by atoms with Crippen molar-refractivity contribution in [3.63, 3.8) is 0 Å². The van der Waals surface area contributed by atoms with E-state index >= 15 is 0 Å². The van der Waals surface area contributed by atoms with Crippen LogP contribution in [0.2, 0.25) is 0 Å².